The number of para-hydroxylation sites is 1. The van der Waals surface area contributed by atoms with Crippen LogP contribution in [0.2, 0.25) is 0 Å². The maximum absolute atomic E-state index is 14.5. The highest BCUT2D eigenvalue weighted by molar-refractivity contribution is 5.95. The van der Waals surface area contributed by atoms with Crippen LogP contribution in [-0.4, -0.2) is 20.0 Å². The number of halogens is 1. The summed E-state index contributed by atoms with van der Waals surface area (Å²) in [6, 6.07) is 18.7. The average molecular weight is 334 g/mol. The Morgan fingerprint density at radius 1 is 0.920 bits per heavy atom. The number of nitrogens with zero attached hydrogens (tertiary/aromatic N) is 2. The Bertz CT molecular complexity index is 1060. The van der Waals surface area contributed by atoms with Crippen molar-refractivity contribution in [2.45, 2.75) is 6.54 Å². The highest BCUT2D eigenvalue weighted by Gasteiger charge is 2.18. The van der Waals surface area contributed by atoms with E-state index < -0.39 is 0 Å². The van der Waals surface area contributed by atoms with Crippen molar-refractivity contribution >= 4 is 10.9 Å². The van der Waals surface area contributed by atoms with Gasteiger partial charge < -0.3 is 10.2 Å². The molecule has 0 aliphatic rings. The fourth-order valence-electron chi connectivity index (χ4n) is 2.98. The Hall–Kier alpha value is -3.34. The predicted octanol–water partition coefficient (Wildman–Crippen LogP) is 4.30. The van der Waals surface area contributed by atoms with E-state index in [4.69, 9.17) is 0 Å². The van der Waals surface area contributed by atoms with Gasteiger partial charge in [0.15, 0.2) is 0 Å². The molecule has 0 amide bonds. The number of hydrogen-bond acceptors (Lipinski definition) is 3. The number of aromatic nitrogens is 2. The van der Waals surface area contributed by atoms with E-state index in [9.17, 15) is 14.6 Å². The molecule has 0 saturated heterocycles. The molecule has 0 spiro atoms. The lowest BCUT2D eigenvalue weighted by molar-refractivity contribution is 0.451. The second kappa shape index (κ2) is 5.94. The molecule has 1 aromatic heterocycles. The molecule has 1 heterocycles. The summed E-state index contributed by atoms with van der Waals surface area (Å²) in [6.45, 7) is 0.414. The van der Waals surface area contributed by atoms with Gasteiger partial charge in [-0.1, -0.05) is 42.5 Å². The molecule has 0 atom stereocenters. The van der Waals surface area contributed by atoms with Gasteiger partial charge in [-0.2, -0.15) is 5.10 Å². The molecule has 0 fully saturated rings. The summed E-state index contributed by atoms with van der Waals surface area (Å²) < 4.78 is 16.1. The van der Waals surface area contributed by atoms with E-state index in [0.29, 0.717) is 28.7 Å². The molecule has 124 valence electrons. The van der Waals surface area contributed by atoms with E-state index >= 15 is 0 Å². The van der Waals surface area contributed by atoms with Crippen molar-refractivity contribution in [2.75, 3.05) is 0 Å². The first-order valence-corrected chi connectivity index (χ1v) is 7.85. The molecule has 2 N–H and O–H groups in total. The van der Waals surface area contributed by atoms with Crippen molar-refractivity contribution in [1.29, 1.82) is 0 Å². The maximum Gasteiger partial charge on any atom is 0.149 e. The Balaban J connectivity index is 1.93. The number of phenolic OH excluding ortho intramolecular Hbond substituents is 2. The smallest absolute Gasteiger partial charge is 0.149 e. The topological polar surface area (TPSA) is 58.3 Å². The van der Waals surface area contributed by atoms with Gasteiger partial charge in [-0.25, -0.2) is 4.39 Å². The Labute approximate surface area is 143 Å². The summed E-state index contributed by atoms with van der Waals surface area (Å²) in [6.07, 6.45) is 0. The van der Waals surface area contributed by atoms with Gasteiger partial charge in [0.2, 0.25) is 0 Å². The van der Waals surface area contributed by atoms with Crippen LogP contribution < -0.4 is 0 Å². The fraction of sp³-hybridized carbons (Fsp3) is 0.0500. The first kappa shape index (κ1) is 15.2. The monoisotopic (exact) mass is 334 g/mol. The molecular weight excluding hydrogens is 319 g/mol. The first-order chi connectivity index (χ1) is 12.1. The Morgan fingerprint density at radius 3 is 2.48 bits per heavy atom. The lowest BCUT2D eigenvalue weighted by atomic mass is 10.1. The molecule has 5 heteroatoms. The zero-order valence-electron chi connectivity index (χ0n) is 13.2. The van der Waals surface area contributed by atoms with Gasteiger partial charge >= 0.3 is 0 Å². The van der Waals surface area contributed by atoms with Crippen molar-refractivity contribution in [2.24, 2.45) is 0 Å². The molecule has 0 radical (unpaired) electrons. The molecule has 0 saturated carbocycles. The summed E-state index contributed by atoms with van der Waals surface area (Å²) >= 11 is 0. The Morgan fingerprint density at radius 2 is 1.72 bits per heavy atom. The van der Waals surface area contributed by atoms with Crippen molar-refractivity contribution in [3.05, 3.63) is 78.1 Å². The highest BCUT2D eigenvalue weighted by atomic mass is 19.1. The van der Waals surface area contributed by atoms with E-state index in [-0.39, 0.29) is 17.3 Å². The number of fused-ring (bicyclic) bond motifs is 1. The molecule has 3 aromatic carbocycles. The van der Waals surface area contributed by atoms with Gasteiger partial charge in [-0.15, -0.1) is 0 Å². The van der Waals surface area contributed by atoms with E-state index in [2.05, 4.69) is 5.10 Å². The van der Waals surface area contributed by atoms with E-state index in [1.54, 1.807) is 22.9 Å². The quantitative estimate of drug-likeness (QED) is 0.587. The molecule has 0 aliphatic carbocycles. The van der Waals surface area contributed by atoms with E-state index in [1.165, 1.54) is 18.2 Å². The summed E-state index contributed by atoms with van der Waals surface area (Å²) in [7, 11) is 0. The van der Waals surface area contributed by atoms with Gasteiger partial charge in [-0.05, 0) is 23.8 Å². The van der Waals surface area contributed by atoms with Crippen LogP contribution in [0.5, 0.6) is 11.5 Å². The number of rotatable bonds is 3. The van der Waals surface area contributed by atoms with Crippen molar-refractivity contribution in [3.63, 3.8) is 0 Å². The summed E-state index contributed by atoms with van der Waals surface area (Å²) in [5.41, 5.74) is 2.30. The van der Waals surface area contributed by atoms with Crippen LogP contribution in [0.25, 0.3) is 22.2 Å². The number of phenols is 2. The second-order valence-corrected chi connectivity index (χ2v) is 5.83. The molecule has 0 bridgehead atoms. The van der Waals surface area contributed by atoms with Gasteiger partial charge in [0.05, 0.1) is 6.54 Å². The van der Waals surface area contributed by atoms with Gasteiger partial charge in [0, 0.05) is 17.0 Å². The summed E-state index contributed by atoms with van der Waals surface area (Å²) in [4.78, 5) is 0. The zero-order chi connectivity index (χ0) is 17.4. The minimum absolute atomic E-state index is 0.0412. The maximum atomic E-state index is 14.5. The third kappa shape index (κ3) is 2.70. The minimum Gasteiger partial charge on any atom is -0.508 e. The third-order valence-electron chi connectivity index (χ3n) is 4.13. The van der Waals surface area contributed by atoms with Crippen LogP contribution in [0.3, 0.4) is 0 Å². The second-order valence-electron chi connectivity index (χ2n) is 5.83. The molecule has 4 rings (SSSR count). The largest absolute Gasteiger partial charge is 0.508 e. The minimum atomic E-state index is -0.370. The Kier molecular flexibility index (Phi) is 3.61. The van der Waals surface area contributed by atoms with E-state index in [1.807, 2.05) is 30.3 Å². The summed E-state index contributed by atoms with van der Waals surface area (Å²) in [5.74, 6) is -0.513. The zero-order valence-corrected chi connectivity index (χ0v) is 13.2. The number of benzene rings is 3. The van der Waals surface area contributed by atoms with Crippen LogP contribution in [-0.2, 0) is 6.54 Å². The first-order valence-electron chi connectivity index (χ1n) is 7.85. The summed E-state index contributed by atoms with van der Waals surface area (Å²) in [5, 5.41) is 24.8. The molecule has 25 heavy (non-hydrogen) atoms. The lowest BCUT2D eigenvalue weighted by Gasteiger charge is -2.04. The van der Waals surface area contributed by atoms with Crippen LogP contribution in [0.4, 0.5) is 4.39 Å². The number of hydrogen-bond donors (Lipinski definition) is 2. The highest BCUT2D eigenvalue weighted by Crippen LogP contribution is 2.36. The normalized spacial score (nSPS) is 11.1. The van der Waals surface area contributed by atoms with Crippen LogP contribution in [0.1, 0.15) is 5.56 Å². The van der Waals surface area contributed by atoms with Crippen molar-refractivity contribution in [1.82, 2.24) is 9.78 Å². The molecular formula is C20H15FN2O2. The standard InChI is InChI=1S/C20H15FN2O2/c21-17-8-4-7-16-19(15-10-9-14(24)11-18(15)25)22-23(20(16)17)12-13-5-2-1-3-6-13/h1-11,24-25H,12H2. The lowest BCUT2D eigenvalue weighted by Crippen LogP contribution is -2.02. The third-order valence-corrected chi connectivity index (χ3v) is 4.13. The van der Waals surface area contributed by atoms with Crippen LogP contribution >= 0.6 is 0 Å². The number of aromatic hydroxyl groups is 2. The predicted molar refractivity (Wildman–Crippen MR) is 94.0 cm³/mol. The van der Waals surface area contributed by atoms with Crippen LogP contribution in [0, 0.1) is 5.82 Å². The van der Waals surface area contributed by atoms with Crippen molar-refractivity contribution < 1.29 is 14.6 Å². The van der Waals surface area contributed by atoms with Gasteiger partial charge in [-0.3, -0.25) is 4.68 Å². The SMILES string of the molecule is Oc1ccc(-c2nn(Cc3ccccc3)c3c(F)cccc23)c(O)c1. The molecule has 0 aliphatic heterocycles. The van der Waals surface area contributed by atoms with Gasteiger partial charge in [0.1, 0.15) is 28.5 Å². The average Bonchev–Trinajstić information content (AvgIpc) is 2.95. The van der Waals surface area contributed by atoms with Crippen molar-refractivity contribution in [3.8, 4) is 22.8 Å². The fourth-order valence-corrected chi connectivity index (χ4v) is 2.98. The van der Waals surface area contributed by atoms with Crippen LogP contribution in [0.15, 0.2) is 66.7 Å². The molecule has 4 aromatic rings. The van der Waals surface area contributed by atoms with E-state index in [0.717, 1.165) is 5.56 Å². The molecule has 4 nitrogen and oxygen atoms in total. The molecule has 0 unspecified atom stereocenters. The van der Waals surface area contributed by atoms with Gasteiger partial charge in [0.25, 0.3) is 0 Å².